The molecule has 0 radical (unpaired) electrons. The number of carbonyl (C=O) groups is 2. The number of ether oxygens (including phenoxy) is 1. The standard InChI is InChI=1S/C13H13Cl2NO4/c14-8-1-2-10(11(15)5-8)13(19)16-3-4-20-9(7-16)6-12(17)18/h1-2,5,9H,3-4,6-7H2,(H,17,18)/t9-/m0/s1. The van der Waals surface area contributed by atoms with E-state index in [1.807, 2.05) is 0 Å². The molecule has 0 unspecified atom stereocenters. The Bertz CT molecular complexity index is 535. The highest BCUT2D eigenvalue weighted by Gasteiger charge is 2.27. The van der Waals surface area contributed by atoms with Gasteiger partial charge in [0, 0.05) is 18.1 Å². The lowest BCUT2D eigenvalue weighted by molar-refractivity contribution is -0.141. The number of rotatable bonds is 3. The highest BCUT2D eigenvalue weighted by Crippen LogP contribution is 2.23. The minimum Gasteiger partial charge on any atom is -0.481 e. The zero-order valence-electron chi connectivity index (χ0n) is 10.5. The summed E-state index contributed by atoms with van der Waals surface area (Å²) in [7, 11) is 0. The predicted octanol–water partition coefficient (Wildman–Crippen LogP) is 2.31. The molecule has 1 saturated heterocycles. The summed E-state index contributed by atoms with van der Waals surface area (Å²) in [6.07, 6.45) is -0.616. The molecule has 7 heteroatoms. The lowest BCUT2D eigenvalue weighted by Crippen LogP contribution is -2.46. The number of nitrogens with zero attached hydrogens (tertiary/aromatic N) is 1. The van der Waals surface area contributed by atoms with Gasteiger partial charge in [0.2, 0.25) is 0 Å². The lowest BCUT2D eigenvalue weighted by Gasteiger charge is -2.32. The highest BCUT2D eigenvalue weighted by atomic mass is 35.5. The second-order valence-corrected chi connectivity index (χ2v) is 5.31. The van der Waals surface area contributed by atoms with E-state index in [-0.39, 0.29) is 23.9 Å². The van der Waals surface area contributed by atoms with Crippen molar-refractivity contribution in [3.63, 3.8) is 0 Å². The third-order valence-corrected chi connectivity index (χ3v) is 3.54. The van der Waals surface area contributed by atoms with Crippen LogP contribution in [0.25, 0.3) is 0 Å². The van der Waals surface area contributed by atoms with Crippen LogP contribution in [0.4, 0.5) is 0 Å². The van der Waals surface area contributed by atoms with Crippen LogP contribution in [-0.2, 0) is 9.53 Å². The molecule has 1 atom stereocenters. The highest BCUT2D eigenvalue weighted by molar-refractivity contribution is 6.36. The zero-order chi connectivity index (χ0) is 14.7. The third kappa shape index (κ3) is 3.62. The van der Waals surface area contributed by atoms with E-state index in [9.17, 15) is 9.59 Å². The first-order valence-electron chi connectivity index (χ1n) is 6.05. The molecule has 108 valence electrons. The fourth-order valence-corrected chi connectivity index (χ4v) is 2.54. The van der Waals surface area contributed by atoms with Crippen molar-refractivity contribution in [1.29, 1.82) is 0 Å². The zero-order valence-corrected chi connectivity index (χ0v) is 12.0. The van der Waals surface area contributed by atoms with Gasteiger partial charge in [-0.1, -0.05) is 23.2 Å². The van der Waals surface area contributed by atoms with E-state index >= 15 is 0 Å². The molecule has 2 rings (SSSR count). The average Bonchev–Trinajstić information content (AvgIpc) is 2.37. The predicted molar refractivity (Wildman–Crippen MR) is 74.4 cm³/mol. The fourth-order valence-electron chi connectivity index (χ4n) is 2.06. The van der Waals surface area contributed by atoms with E-state index in [2.05, 4.69) is 0 Å². The molecule has 0 spiro atoms. The van der Waals surface area contributed by atoms with Gasteiger partial charge in [0.05, 0.1) is 29.7 Å². The van der Waals surface area contributed by atoms with E-state index in [0.717, 1.165) is 0 Å². The van der Waals surface area contributed by atoms with Crippen molar-refractivity contribution in [3.8, 4) is 0 Å². The first-order chi connectivity index (χ1) is 9.47. The van der Waals surface area contributed by atoms with Gasteiger partial charge >= 0.3 is 5.97 Å². The Balaban J connectivity index is 2.10. The van der Waals surface area contributed by atoms with Crippen molar-refractivity contribution in [1.82, 2.24) is 4.90 Å². The Morgan fingerprint density at radius 1 is 1.40 bits per heavy atom. The molecular formula is C13H13Cl2NO4. The van der Waals surface area contributed by atoms with Crippen molar-refractivity contribution in [2.24, 2.45) is 0 Å². The summed E-state index contributed by atoms with van der Waals surface area (Å²) in [5.74, 6) is -1.20. The number of halogens is 2. The van der Waals surface area contributed by atoms with Gasteiger partial charge in [-0.25, -0.2) is 0 Å². The van der Waals surface area contributed by atoms with Crippen molar-refractivity contribution in [3.05, 3.63) is 33.8 Å². The largest absolute Gasteiger partial charge is 0.481 e. The molecule has 0 bridgehead atoms. The molecule has 0 aromatic heterocycles. The Hall–Kier alpha value is -1.30. The summed E-state index contributed by atoms with van der Waals surface area (Å²) in [6.45, 7) is 0.965. The summed E-state index contributed by atoms with van der Waals surface area (Å²) in [5, 5.41) is 9.50. The number of hydrogen-bond acceptors (Lipinski definition) is 3. The number of aliphatic carboxylic acids is 1. The quantitative estimate of drug-likeness (QED) is 0.929. The minimum absolute atomic E-state index is 0.127. The average molecular weight is 318 g/mol. The molecule has 1 N–H and O–H groups in total. The Morgan fingerprint density at radius 2 is 2.15 bits per heavy atom. The Labute approximate surface area is 126 Å². The first-order valence-corrected chi connectivity index (χ1v) is 6.80. The van der Waals surface area contributed by atoms with Gasteiger partial charge in [0.1, 0.15) is 0 Å². The maximum atomic E-state index is 12.4. The topological polar surface area (TPSA) is 66.8 Å². The van der Waals surface area contributed by atoms with Crippen LogP contribution in [0.1, 0.15) is 16.8 Å². The van der Waals surface area contributed by atoms with Gasteiger partial charge in [0.25, 0.3) is 5.91 Å². The lowest BCUT2D eigenvalue weighted by atomic mass is 10.1. The summed E-state index contributed by atoms with van der Waals surface area (Å²) in [4.78, 5) is 24.6. The SMILES string of the molecule is O=C(O)C[C@H]1CN(C(=O)c2ccc(Cl)cc2Cl)CCO1. The van der Waals surface area contributed by atoms with Crippen LogP contribution < -0.4 is 0 Å². The number of carbonyl (C=O) groups excluding carboxylic acids is 1. The number of carboxylic acid groups (broad SMARTS) is 1. The Morgan fingerprint density at radius 3 is 2.80 bits per heavy atom. The molecular weight excluding hydrogens is 305 g/mol. The van der Waals surface area contributed by atoms with Gasteiger partial charge in [-0.15, -0.1) is 0 Å². The van der Waals surface area contributed by atoms with Crippen LogP contribution >= 0.6 is 23.2 Å². The van der Waals surface area contributed by atoms with Gasteiger partial charge in [-0.3, -0.25) is 9.59 Å². The maximum absolute atomic E-state index is 12.4. The minimum atomic E-state index is -0.950. The van der Waals surface area contributed by atoms with Gasteiger partial charge < -0.3 is 14.7 Å². The second kappa shape index (κ2) is 6.43. The van der Waals surface area contributed by atoms with Gasteiger partial charge in [-0.05, 0) is 18.2 Å². The number of benzene rings is 1. The van der Waals surface area contributed by atoms with E-state index in [1.165, 1.54) is 6.07 Å². The molecule has 0 aliphatic carbocycles. The normalized spacial score (nSPS) is 18.9. The van der Waals surface area contributed by atoms with Gasteiger partial charge in [-0.2, -0.15) is 0 Å². The van der Waals surface area contributed by atoms with Crippen LogP contribution in [0.15, 0.2) is 18.2 Å². The van der Waals surface area contributed by atoms with Crippen LogP contribution in [0.5, 0.6) is 0 Å². The Kier molecular flexibility index (Phi) is 4.86. The summed E-state index contributed by atoms with van der Waals surface area (Å²) in [6, 6.07) is 4.66. The van der Waals surface area contributed by atoms with E-state index in [0.29, 0.717) is 23.7 Å². The number of amides is 1. The molecule has 1 fully saturated rings. The summed E-state index contributed by atoms with van der Waals surface area (Å²) in [5.41, 5.74) is 0.354. The second-order valence-electron chi connectivity index (χ2n) is 4.47. The first kappa shape index (κ1) is 15.1. The number of hydrogen-bond donors (Lipinski definition) is 1. The molecule has 1 aromatic rings. The van der Waals surface area contributed by atoms with Crippen LogP contribution in [-0.4, -0.2) is 47.7 Å². The summed E-state index contributed by atoms with van der Waals surface area (Å²) >= 11 is 11.8. The monoisotopic (exact) mass is 317 g/mol. The van der Waals surface area contributed by atoms with Gasteiger partial charge in [0.15, 0.2) is 0 Å². The molecule has 5 nitrogen and oxygen atoms in total. The molecule has 1 aliphatic rings. The number of morpholine rings is 1. The van der Waals surface area contributed by atoms with E-state index in [1.54, 1.807) is 17.0 Å². The van der Waals surface area contributed by atoms with E-state index < -0.39 is 12.1 Å². The maximum Gasteiger partial charge on any atom is 0.306 e. The molecule has 1 heterocycles. The van der Waals surface area contributed by atoms with Crippen LogP contribution in [0.2, 0.25) is 10.0 Å². The van der Waals surface area contributed by atoms with Crippen molar-refractivity contribution in [2.45, 2.75) is 12.5 Å². The summed E-state index contributed by atoms with van der Waals surface area (Å²) < 4.78 is 5.33. The van der Waals surface area contributed by atoms with E-state index in [4.69, 9.17) is 33.0 Å². The molecule has 1 aromatic carbocycles. The number of carboxylic acids is 1. The third-order valence-electron chi connectivity index (χ3n) is 2.99. The fraction of sp³-hybridized carbons (Fsp3) is 0.385. The van der Waals surface area contributed by atoms with Crippen molar-refractivity contribution in [2.75, 3.05) is 19.7 Å². The van der Waals surface area contributed by atoms with Crippen molar-refractivity contribution < 1.29 is 19.4 Å². The molecule has 1 aliphatic heterocycles. The van der Waals surface area contributed by atoms with Crippen molar-refractivity contribution >= 4 is 35.1 Å². The van der Waals surface area contributed by atoms with Crippen LogP contribution in [0.3, 0.4) is 0 Å². The smallest absolute Gasteiger partial charge is 0.306 e. The van der Waals surface area contributed by atoms with Crippen LogP contribution in [0, 0.1) is 0 Å². The molecule has 0 saturated carbocycles. The molecule has 1 amide bonds. The molecule has 20 heavy (non-hydrogen) atoms.